The van der Waals surface area contributed by atoms with Crippen LogP contribution < -0.4 is 5.73 Å². The number of ether oxygens (including phenoxy) is 8. The van der Waals surface area contributed by atoms with Crippen molar-refractivity contribution in [2.24, 2.45) is 28.8 Å². The number of hydrogen-bond donors (Lipinski definition) is 4. The molecule has 0 spiro atoms. The summed E-state index contributed by atoms with van der Waals surface area (Å²) in [4.78, 5) is 45.1. The third-order valence-electron chi connectivity index (χ3n) is 14.4. The Labute approximate surface area is 424 Å². The second-order valence-electron chi connectivity index (χ2n) is 20.0. The van der Waals surface area contributed by atoms with Crippen LogP contribution >= 0.6 is 0 Å². The van der Waals surface area contributed by atoms with Gasteiger partial charge in [0.15, 0.2) is 12.1 Å². The highest BCUT2D eigenvalue weighted by Crippen LogP contribution is 2.36. The number of hydrogen-bond acceptors (Lipinski definition) is 19. The lowest BCUT2D eigenvalue weighted by Crippen LogP contribution is -2.63. The van der Waals surface area contributed by atoms with Crippen molar-refractivity contribution in [3.63, 3.8) is 0 Å². The van der Waals surface area contributed by atoms with Gasteiger partial charge in [-0.25, -0.2) is 4.98 Å². The predicted molar refractivity (Wildman–Crippen MR) is 267 cm³/mol. The number of ketones is 1. The number of nitrogens with two attached hydrogens (primary N) is 1. The number of cyclic esters (lactones) is 1. The first-order valence-corrected chi connectivity index (χ1v) is 25.3. The first kappa shape index (κ1) is 57.0. The lowest BCUT2D eigenvalue weighted by molar-refractivity contribution is -0.305. The van der Waals surface area contributed by atoms with Crippen molar-refractivity contribution >= 4 is 23.3 Å². The minimum Gasteiger partial charge on any atom is -0.462 e. The van der Waals surface area contributed by atoms with Gasteiger partial charge in [0.05, 0.1) is 80.3 Å². The van der Waals surface area contributed by atoms with E-state index in [-0.39, 0.29) is 51.2 Å². The van der Waals surface area contributed by atoms with Crippen LogP contribution in [0.1, 0.15) is 78.7 Å². The smallest absolute Gasteiger partial charge is 0.308 e. The molecule has 19 heteroatoms. The monoisotopic (exact) mass is 1010 g/mol. The first-order valence-electron chi connectivity index (χ1n) is 25.3. The van der Waals surface area contributed by atoms with Crippen LogP contribution in [0.2, 0.25) is 0 Å². The van der Waals surface area contributed by atoms with E-state index in [0.29, 0.717) is 55.0 Å². The van der Waals surface area contributed by atoms with E-state index in [9.17, 15) is 24.9 Å². The maximum atomic E-state index is 14.5. The summed E-state index contributed by atoms with van der Waals surface area (Å²) >= 11 is 0. The number of aliphatic hydroxyl groups is 3. The molecule has 1 aliphatic carbocycles. The van der Waals surface area contributed by atoms with Gasteiger partial charge in [-0.2, -0.15) is 0 Å². The summed E-state index contributed by atoms with van der Waals surface area (Å²) in [6, 6.07) is 8.34. The number of aromatic nitrogens is 2. The molecule has 2 aromatic heterocycles. The van der Waals surface area contributed by atoms with Gasteiger partial charge in [-0.05, 0) is 90.2 Å². The number of nitrogens with zero attached hydrogens (tertiary/aromatic N) is 4. The molecule has 0 radical (unpaired) electrons. The summed E-state index contributed by atoms with van der Waals surface area (Å²) in [5, 5.41) is 38.0. The molecule has 0 aromatic carbocycles. The van der Waals surface area contributed by atoms with E-state index in [1.54, 1.807) is 57.4 Å². The molecule has 2 bridgehead atoms. The second kappa shape index (κ2) is 27.3. The minimum atomic E-state index is -1.26. The third-order valence-corrected chi connectivity index (χ3v) is 14.4. The number of fused-ring (bicyclic) bond motifs is 3. The molecule has 400 valence electrons. The number of nitrogen functional groups attached to an aromatic ring is 1. The summed E-state index contributed by atoms with van der Waals surface area (Å²) in [6.45, 7) is 9.80. The molecule has 1 saturated carbocycles. The van der Waals surface area contributed by atoms with Crippen LogP contribution in [0.3, 0.4) is 0 Å². The Hall–Kier alpha value is -4.25. The highest BCUT2D eigenvalue weighted by Gasteiger charge is 2.48. The normalized spacial score (nSPS) is 36.6. The molecule has 72 heavy (non-hydrogen) atoms. The molecule has 0 amide bonds. The Morgan fingerprint density at radius 3 is 2.40 bits per heavy atom. The van der Waals surface area contributed by atoms with Gasteiger partial charge in [0, 0.05) is 50.3 Å². The number of methoxy groups -OCH3 is 2. The van der Waals surface area contributed by atoms with Crippen molar-refractivity contribution in [3.05, 3.63) is 65.9 Å². The van der Waals surface area contributed by atoms with Crippen LogP contribution in [0.25, 0.3) is 11.4 Å². The van der Waals surface area contributed by atoms with E-state index in [1.165, 1.54) is 7.11 Å². The van der Waals surface area contributed by atoms with Gasteiger partial charge in [-0.1, -0.05) is 55.8 Å². The van der Waals surface area contributed by atoms with Gasteiger partial charge in [-0.3, -0.25) is 14.6 Å². The number of allylic oxidation sites excluding steroid dienone is 3. The summed E-state index contributed by atoms with van der Waals surface area (Å²) < 4.78 is 50.4. The zero-order valence-corrected chi connectivity index (χ0v) is 43.4. The molecule has 19 nitrogen and oxygen atoms in total. The van der Waals surface area contributed by atoms with Gasteiger partial charge in [0.2, 0.25) is 0 Å². The predicted octanol–water partition coefficient (Wildman–Crippen LogP) is 4.45. The highest BCUT2D eigenvalue weighted by atomic mass is 16.7. The highest BCUT2D eigenvalue weighted by molar-refractivity contribution is 5.91. The average Bonchev–Trinajstić information content (AvgIpc) is 3.38. The molecule has 6 rings (SSSR count). The molecular weight excluding hydrogens is 931 g/mol. The fraction of sp³-hybridized carbons (Fsp3) is 0.679. The Morgan fingerprint density at radius 2 is 1.71 bits per heavy atom. The number of carbonyl (C=O) groups is 2. The lowest BCUT2D eigenvalue weighted by Gasteiger charge is -2.47. The van der Waals surface area contributed by atoms with Crippen LogP contribution in [-0.4, -0.2) is 176 Å². The molecule has 2 saturated heterocycles. The Kier molecular flexibility index (Phi) is 21.7. The van der Waals surface area contributed by atoms with Crippen molar-refractivity contribution < 1.29 is 67.6 Å². The fourth-order valence-corrected chi connectivity index (χ4v) is 10.3. The van der Waals surface area contributed by atoms with Gasteiger partial charge >= 0.3 is 5.97 Å². The first-order chi connectivity index (χ1) is 34.5. The number of oxime groups is 1. The quantitative estimate of drug-likeness (QED) is 0.160. The molecule has 1 unspecified atom stereocenters. The molecule has 4 aliphatic rings. The maximum absolute atomic E-state index is 14.5. The van der Waals surface area contributed by atoms with Crippen molar-refractivity contribution in [1.82, 2.24) is 14.9 Å². The van der Waals surface area contributed by atoms with Crippen molar-refractivity contribution in [3.8, 4) is 11.4 Å². The summed E-state index contributed by atoms with van der Waals surface area (Å²) in [7, 11) is 6.64. The van der Waals surface area contributed by atoms with Crippen molar-refractivity contribution in [2.75, 3.05) is 60.5 Å². The molecule has 5 N–H and O–H groups in total. The zero-order valence-electron chi connectivity index (χ0n) is 43.4. The topological polar surface area (TPSA) is 245 Å². The Morgan fingerprint density at radius 1 is 0.931 bits per heavy atom. The summed E-state index contributed by atoms with van der Waals surface area (Å²) in [6.07, 6.45) is 0.395. The van der Waals surface area contributed by atoms with Crippen LogP contribution in [0.15, 0.2) is 65.5 Å². The molecular formula is C53H79N5O14. The average molecular weight is 1010 g/mol. The van der Waals surface area contributed by atoms with E-state index in [1.807, 2.05) is 58.0 Å². The largest absolute Gasteiger partial charge is 0.462 e. The van der Waals surface area contributed by atoms with Crippen LogP contribution in [-0.2, 0) is 58.9 Å². The molecule has 3 aliphatic heterocycles. The number of pyridine rings is 2. The van der Waals surface area contributed by atoms with E-state index in [4.69, 9.17) is 48.5 Å². The van der Waals surface area contributed by atoms with Gasteiger partial charge < -0.3 is 68.7 Å². The van der Waals surface area contributed by atoms with Crippen LogP contribution in [0, 0.1) is 23.7 Å². The summed E-state index contributed by atoms with van der Waals surface area (Å²) in [5.41, 5.74) is 9.14. The van der Waals surface area contributed by atoms with E-state index < -0.39 is 97.1 Å². The molecule has 16 atom stereocenters. The third kappa shape index (κ3) is 15.2. The van der Waals surface area contributed by atoms with E-state index in [2.05, 4.69) is 15.1 Å². The van der Waals surface area contributed by atoms with Crippen molar-refractivity contribution in [1.29, 1.82) is 0 Å². The second-order valence-corrected chi connectivity index (χ2v) is 20.0. The van der Waals surface area contributed by atoms with E-state index >= 15 is 0 Å². The fourth-order valence-electron chi connectivity index (χ4n) is 10.3. The lowest BCUT2D eigenvalue weighted by atomic mass is 9.79. The Balaban J connectivity index is 1.31. The van der Waals surface area contributed by atoms with Crippen molar-refractivity contribution in [2.45, 2.75) is 153 Å². The molecule has 5 heterocycles. The van der Waals surface area contributed by atoms with Crippen LogP contribution in [0.5, 0.6) is 0 Å². The zero-order chi connectivity index (χ0) is 52.1. The van der Waals surface area contributed by atoms with Gasteiger partial charge in [0.1, 0.15) is 42.6 Å². The molecule has 3 fully saturated rings. The van der Waals surface area contributed by atoms with E-state index in [0.717, 1.165) is 11.1 Å². The number of esters is 1. The number of rotatable bonds is 13. The SMILES string of the molecule is CC[C@H]1OC(=O)C[C@H]2OC/C(=N/OCc3ccc(-c4cccc(N)n4)nc3)COCCC(C[C@@H](C)C(=O)/C=C/C(C)=C/[C@@H]1CO[C@@H]1CC[C@@H](O)[C@@H](OC)[C@H]1OC)[C@H](O[C@@H]1O[C@H](C)[C@@H](O)[C@H](N(C)C)[C@H]1O)[C@H]2C. The van der Waals surface area contributed by atoms with Gasteiger partial charge in [0.25, 0.3) is 0 Å². The Bertz CT molecular complexity index is 2130. The molecule has 2 aromatic rings. The summed E-state index contributed by atoms with van der Waals surface area (Å²) in [5.74, 6) is -2.09. The number of aliphatic hydroxyl groups excluding tert-OH is 3. The minimum absolute atomic E-state index is 0.0449. The maximum Gasteiger partial charge on any atom is 0.308 e. The number of carbonyl (C=O) groups excluding carboxylic acids is 2. The number of likely N-dealkylation sites (N-methyl/N-ethyl adjacent to an activating group) is 1. The van der Waals surface area contributed by atoms with Crippen LogP contribution in [0.4, 0.5) is 5.82 Å². The number of anilines is 1. The van der Waals surface area contributed by atoms with Gasteiger partial charge in [-0.15, -0.1) is 0 Å². The standard InChI is InChI=1S/C53H79N5O14/c1-10-42-36(27-67-43-19-18-41(60)51(64-8)52(43)65-9)22-30(2)14-17-40(59)31(3)23-35-20-21-66-28-37(57-69-26-34-15-16-38(55-25-34)39-12-11-13-45(54)56-39)29-68-44(24-46(61)71-42)32(4)50(35)72-53-49(63)47(58(6)7)48(62)33(5)70-53/h11-17,22,25,31-33,35-36,41-44,47-53,60,62-63H,10,18-21,23-24,26-29H2,1-9H3,(H2,54,56)/b17-14+,30-22+,57-37+/t31-,32+,33-,35?,36-,41-,42-,43-,44-,47+,48-,49-,50-,51-,52+,53+/m1/s1.